The third kappa shape index (κ3) is 7.24. The Labute approximate surface area is 274 Å². The van der Waals surface area contributed by atoms with E-state index in [4.69, 9.17) is 19.4 Å². The first-order valence-electron chi connectivity index (χ1n) is 16.3. The zero-order valence-corrected chi connectivity index (χ0v) is 29.0. The number of amides is 1. The summed E-state index contributed by atoms with van der Waals surface area (Å²) in [6, 6.07) is 1.77. The fraction of sp³-hybridized carbons (Fsp3) is 0.676. The number of carbonyl (C=O) groups excluding carboxylic acids is 1. The number of hydrogen-bond acceptors (Lipinski definition) is 7. The van der Waals surface area contributed by atoms with Crippen molar-refractivity contribution in [2.75, 3.05) is 57.5 Å². The second kappa shape index (κ2) is 13.7. The number of ether oxygens (including phenoxy) is 2. The van der Waals surface area contributed by atoms with Gasteiger partial charge in [-0.05, 0) is 91.9 Å². The Balaban J connectivity index is 1.41. The molecule has 1 spiro atoms. The molecule has 11 heteroatoms. The zero-order valence-electron chi connectivity index (χ0n) is 27.4. The number of aromatic nitrogens is 2. The predicted octanol–water partition coefficient (Wildman–Crippen LogP) is 7.54. The lowest BCUT2D eigenvalue weighted by Crippen LogP contribution is -2.62. The molecule has 45 heavy (non-hydrogen) atoms. The van der Waals surface area contributed by atoms with Crippen LogP contribution < -0.4 is 9.64 Å². The molecule has 1 amide bonds. The molecule has 1 unspecified atom stereocenters. The first-order chi connectivity index (χ1) is 21.4. The number of nitrogens with zero attached hydrogens (tertiary/aromatic N) is 5. The summed E-state index contributed by atoms with van der Waals surface area (Å²) in [5.74, 6) is 1.08. The van der Waals surface area contributed by atoms with Crippen molar-refractivity contribution in [3.63, 3.8) is 0 Å². The number of rotatable bonds is 9. The van der Waals surface area contributed by atoms with Crippen LogP contribution in [-0.4, -0.2) is 96.2 Å². The van der Waals surface area contributed by atoms with E-state index in [-0.39, 0.29) is 23.5 Å². The van der Waals surface area contributed by atoms with Crippen LogP contribution in [-0.2, 0) is 4.74 Å². The molecule has 1 aromatic heterocycles. The average Bonchev–Trinajstić information content (AvgIpc) is 2.99. The van der Waals surface area contributed by atoms with Crippen LogP contribution >= 0.6 is 15.9 Å². The molecule has 2 aromatic rings. The van der Waals surface area contributed by atoms with Crippen LogP contribution in [0.25, 0.3) is 17.0 Å². The van der Waals surface area contributed by atoms with Crippen LogP contribution in [0.4, 0.5) is 19.4 Å². The largest absolute Gasteiger partial charge is 0.460 e. The molecule has 5 rings (SSSR count). The van der Waals surface area contributed by atoms with Gasteiger partial charge >= 0.3 is 12.1 Å². The summed E-state index contributed by atoms with van der Waals surface area (Å²) in [5.41, 5.74) is 2.57. The molecule has 3 aliphatic heterocycles. The first-order valence-corrected chi connectivity index (χ1v) is 17.1. The van der Waals surface area contributed by atoms with Gasteiger partial charge in [0.1, 0.15) is 30.9 Å². The molecule has 248 valence electrons. The second-order valence-corrected chi connectivity index (χ2v) is 14.9. The highest BCUT2D eigenvalue weighted by atomic mass is 79.9. The fourth-order valence-corrected chi connectivity index (χ4v) is 7.68. The summed E-state index contributed by atoms with van der Waals surface area (Å²) in [6.07, 6.45) is 5.63. The van der Waals surface area contributed by atoms with Crippen LogP contribution in [0.2, 0.25) is 0 Å². The molecule has 4 heterocycles. The zero-order chi connectivity index (χ0) is 32.5. The van der Waals surface area contributed by atoms with Crippen molar-refractivity contribution in [1.82, 2.24) is 19.8 Å². The van der Waals surface area contributed by atoms with Crippen molar-refractivity contribution in [3.8, 4) is 6.01 Å². The van der Waals surface area contributed by atoms with Crippen molar-refractivity contribution in [1.29, 1.82) is 0 Å². The monoisotopic (exact) mass is 691 g/mol. The van der Waals surface area contributed by atoms with Gasteiger partial charge in [-0.25, -0.2) is 13.6 Å². The number of fused-ring (bicyclic) bond motifs is 1. The van der Waals surface area contributed by atoms with E-state index in [9.17, 15) is 13.6 Å². The summed E-state index contributed by atoms with van der Waals surface area (Å²) in [7, 11) is 0. The maximum Gasteiger partial charge on any atom is 0.410 e. The van der Waals surface area contributed by atoms with Gasteiger partial charge in [-0.15, -0.1) is 0 Å². The summed E-state index contributed by atoms with van der Waals surface area (Å²) < 4.78 is 39.6. The van der Waals surface area contributed by atoms with Gasteiger partial charge in [-0.2, -0.15) is 9.97 Å². The Morgan fingerprint density at radius 2 is 1.80 bits per heavy atom. The van der Waals surface area contributed by atoms with Gasteiger partial charge in [-0.3, -0.25) is 4.90 Å². The molecular formula is C34H48BrF2N5O3. The molecule has 0 radical (unpaired) electrons. The lowest BCUT2D eigenvalue weighted by atomic mass is 9.72. The number of anilines is 1. The third-order valence-corrected chi connectivity index (χ3v) is 10.6. The molecule has 0 aliphatic carbocycles. The van der Waals surface area contributed by atoms with Crippen molar-refractivity contribution >= 4 is 44.8 Å². The summed E-state index contributed by atoms with van der Waals surface area (Å²) >= 11 is 3.85. The Kier molecular flexibility index (Phi) is 10.3. The van der Waals surface area contributed by atoms with Gasteiger partial charge in [0.15, 0.2) is 0 Å². The second-order valence-electron chi connectivity index (χ2n) is 14.1. The maximum absolute atomic E-state index is 13.3. The standard InChI is InChI=1S/C34H48BrF2N5O3/c1-7-22(3)27-28(35)23(8-2)17-26-29(27)38-31(44-25-9-13-40(14-10-25)24(18-36)19-37)39-30(26)41-15-11-34(12-16-41)20-42(21-34)32(43)45-33(4,5)6/h8,17,22,24-25H,2,7,9-16,18-21H2,1,3-6H3. The molecule has 1 atom stereocenters. The molecule has 0 saturated carbocycles. The van der Waals surface area contributed by atoms with Crippen molar-refractivity contribution in [2.24, 2.45) is 5.41 Å². The topological polar surface area (TPSA) is 71.0 Å². The predicted molar refractivity (Wildman–Crippen MR) is 179 cm³/mol. The molecule has 3 fully saturated rings. The number of piperidine rings is 2. The van der Waals surface area contributed by atoms with E-state index in [1.807, 2.05) is 36.6 Å². The number of alkyl halides is 2. The van der Waals surface area contributed by atoms with E-state index in [2.05, 4.69) is 47.3 Å². The van der Waals surface area contributed by atoms with Crippen LogP contribution in [0.3, 0.4) is 0 Å². The van der Waals surface area contributed by atoms with Gasteiger partial charge in [0.2, 0.25) is 0 Å². The van der Waals surface area contributed by atoms with Crippen molar-refractivity contribution in [2.45, 2.75) is 90.4 Å². The fourth-order valence-electron chi connectivity index (χ4n) is 6.82. The Morgan fingerprint density at radius 3 is 2.36 bits per heavy atom. The SMILES string of the molecule is C=Cc1cc2c(N3CCC4(CC3)CN(C(=O)OC(C)(C)C)C4)nc(OC3CCN(C(CF)CF)CC3)nc2c(C(C)CC)c1Br. The maximum atomic E-state index is 13.3. The molecule has 1 aromatic carbocycles. The van der Waals surface area contributed by atoms with Crippen molar-refractivity contribution < 1.29 is 23.0 Å². The number of likely N-dealkylation sites (tertiary alicyclic amines) is 2. The first kappa shape index (κ1) is 33.8. The summed E-state index contributed by atoms with van der Waals surface area (Å²) in [5, 5.41) is 0.972. The highest BCUT2D eigenvalue weighted by Gasteiger charge is 2.48. The highest BCUT2D eigenvalue weighted by Crippen LogP contribution is 2.44. The van der Waals surface area contributed by atoms with E-state index in [0.29, 0.717) is 45.0 Å². The van der Waals surface area contributed by atoms with Crippen molar-refractivity contribution in [3.05, 3.63) is 28.2 Å². The minimum atomic E-state index is -0.685. The van der Waals surface area contributed by atoms with E-state index < -0.39 is 25.0 Å². The van der Waals surface area contributed by atoms with Crippen LogP contribution in [0.1, 0.15) is 83.8 Å². The van der Waals surface area contributed by atoms with Gasteiger partial charge < -0.3 is 19.3 Å². The van der Waals surface area contributed by atoms with Gasteiger partial charge in [0.05, 0.1) is 11.6 Å². The van der Waals surface area contributed by atoms with Crippen LogP contribution in [0.15, 0.2) is 17.1 Å². The van der Waals surface area contributed by atoms with Gasteiger partial charge in [0, 0.05) is 54.5 Å². The van der Waals surface area contributed by atoms with E-state index in [1.54, 1.807) is 0 Å². The lowest BCUT2D eigenvalue weighted by Gasteiger charge is -2.53. The van der Waals surface area contributed by atoms with E-state index >= 15 is 0 Å². The quantitative estimate of drug-likeness (QED) is 0.269. The lowest BCUT2D eigenvalue weighted by molar-refractivity contribution is -0.0434. The van der Waals surface area contributed by atoms with E-state index in [0.717, 1.165) is 64.7 Å². The number of benzene rings is 1. The van der Waals surface area contributed by atoms with Crippen LogP contribution in [0.5, 0.6) is 6.01 Å². The highest BCUT2D eigenvalue weighted by molar-refractivity contribution is 9.10. The van der Waals surface area contributed by atoms with E-state index in [1.165, 1.54) is 0 Å². The number of carbonyl (C=O) groups is 1. The Morgan fingerprint density at radius 1 is 1.16 bits per heavy atom. The summed E-state index contributed by atoms with van der Waals surface area (Å²) in [6.45, 7) is 16.9. The number of halogens is 3. The normalized spacial score (nSPS) is 20.0. The third-order valence-electron chi connectivity index (χ3n) is 9.72. The molecule has 3 saturated heterocycles. The smallest absolute Gasteiger partial charge is 0.410 e. The molecule has 8 nitrogen and oxygen atoms in total. The minimum absolute atomic E-state index is 0.0950. The summed E-state index contributed by atoms with van der Waals surface area (Å²) in [4.78, 5) is 28.7. The minimum Gasteiger partial charge on any atom is -0.460 e. The molecule has 0 N–H and O–H groups in total. The Bertz CT molecular complexity index is 1370. The van der Waals surface area contributed by atoms with Gasteiger partial charge in [-0.1, -0.05) is 26.5 Å². The molecule has 0 bridgehead atoms. The van der Waals surface area contributed by atoms with Crippen LogP contribution in [0, 0.1) is 5.41 Å². The Hall–Kier alpha value is -2.53. The molecular weight excluding hydrogens is 644 g/mol. The number of hydrogen-bond donors (Lipinski definition) is 0. The van der Waals surface area contributed by atoms with Gasteiger partial charge in [0.25, 0.3) is 0 Å². The average molecular weight is 693 g/mol. The molecule has 3 aliphatic rings.